The van der Waals surface area contributed by atoms with Gasteiger partial charge in [0.1, 0.15) is 16.3 Å². The molecular weight excluding hydrogens is 446 g/mol. The third-order valence-electron chi connectivity index (χ3n) is 4.10. The molecule has 1 heterocycles. The van der Waals surface area contributed by atoms with Crippen molar-refractivity contribution < 1.29 is 21.6 Å². The highest BCUT2D eigenvalue weighted by atomic mass is 35.5. The molecule has 1 aliphatic rings. The smallest absolute Gasteiger partial charge is 0.267 e. The van der Waals surface area contributed by atoms with Crippen molar-refractivity contribution in [3.63, 3.8) is 0 Å². The molecule has 2 aromatic rings. The van der Waals surface area contributed by atoms with Gasteiger partial charge in [0.25, 0.3) is 5.56 Å². The van der Waals surface area contributed by atoms with Crippen molar-refractivity contribution in [3.8, 4) is 0 Å². The van der Waals surface area contributed by atoms with E-state index in [2.05, 4.69) is 10.4 Å². The van der Waals surface area contributed by atoms with Crippen molar-refractivity contribution in [3.05, 3.63) is 45.3 Å². The van der Waals surface area contributed by atoms with Crippen LogP contribution in [0.4, 0.5) is 5.69 Å². The van der Waals surface area contributed by atoms with E-state index in [1.807, 2.05) is 0 Å². The molecular formula is C15H16ClN5O6S2. The molecule has 156 valence electrons. The SMILES string of the molecule is NS(=O)(=O)c1cc(S(N)(=O)=O)c(NC(=O)Cn2nc(C3CC3)ccc2=O)cc1Cl. The van der Waals surface area contributed by atoms with Crippen LogP contribution >= 0.6 is 11.6 Å². The maximum absolute atomic E-state index is 12.4. The highest BCUT2D eigenvalue weighted by Gasteiger charge is 2.26. The number of halogens is 1. The number of rotatable bonds is 6. The first-order valence-electron chi connectivity index (χ1n) is 8.13. The Morgan fingerprint density at radius 2 is 1.76 bits per heavy atom. The van der Waals surface area contributed by atoms with E-state index in [4.69, 9.17) is 21.9 Å². The first kappa shape index (κ1) is 21.4. The minimum Gasteiger partial charge on any atom is -0.323 e. The van der Waals surface area contributed by atoms with Crippen LogP contribution in [0.15, 0.2) is 38.9 Å². The monoisotopic (exact) mass is 461 g/mol. The number of carbonyl (C=O) groups is 1. The van der Waals surface area contributed by atoms with E-state index in [1.165, 1.54) is 6.07 Å². The number of amides is 1. The van der Waals surface area contributed by atoms with Gasteiger partial charge in [-0.05, 0) is 31.0 Å². The summed E-state index contributed by atoms with van der Waals surface area (Å²) in [5, 5.41) is 16.1. The highest BCUT2D eigenvalue weighted by Crippen LogP contribution is 2.38. The number of aromatic nitrogens is 2. The largest absolute Gasteiger partial charge is 0.323 e. The van der Waals surface area contributed by atoms with Gasteiger partial charge in [-0.2, -0.15) is 5.10 Å². The Balaban J connectivity index is 1.93. The van der Waals surface area contributed by atoms with Crippen LogP contribution in [0.5, 0.6) is 0 Å². The molecule has 1 aromatic heterocycles. The van der Waals surface area contributed by atoms with Gasteiger partial charge in [0.15, 0.2) is 0 Å². The number of hydrogen-bond acceptors (Lipinski definition) is 7. The van der Waals surface area contributed by atoms with Crippen molar-refractivity contribution in [2.75, 3.05) is 5.32 Å². The van der Waals surface area contributed by atoms with E-state index in [0.29, 0.717) is 11.8 Å². The summed E-state index contributed by atoms with van der Waals surface area (Å²) >= 11 is 5.85. The van der Waals surface area contributed by atoms with Crippen LogP contribution in [0, 0.1) is 0 Å². The Labute approximate surface area is 170 Å². The summed E-state index contributed by atoms with van der Waals surface area (Å²) in [6, 6.07) is 4.44. The number of carbonyl (C=O) groups excluding carboxylic acids is 1. The van der Waals surface area contributed by atoms with Gasteiger partial charge in [-0.1, -0.05) is 11.6 Å². The molecule has 0 bridgehead atoms. The minimum atomic E-state index is -4.45. The Kier molecular flexibility index (Phi) is 5.53. The normalized spacial score (nSPS) is 14.6. The Hall–Kier alpha value is -2.32. The molecule has 0 unspecified atom stereocenters. The maximum Gasteiger partial charge on any atom is 0.267 e. The number of benzene rings is 1. The summed E-state index contributed by atoms with van der Waals surface area (Å²) in [6.07, 6.45) is 1.90. The van der Waals surface area contributed by atoms with Crippen molar-refractivity contribution in [1.82, 2.24) is 9.78 Å². The summed E-state index contributed by atoms with van der Waals surface area (Å²) < 4.78 is 47.8. The van der Waals surface area contributed by atoms with Gasteiger partial charge < -0.3 is 5.32 Å². The van der Waals surface area contributed by atoms with E-state index < -0.39 is 52.9 Å². The molecule has 1 aromatic carbocycles. The first-order chi connectivity index (χ1) is 13.4. The van der Waals surface area contributed by atoms with Crippen LogP contribution in [-0.2, 0) is 31.4 Å². The molecule has 3 rings (SSSR count). The van der Waals surface area contributed by atoms with Crippen molar-refractivity contribution in [1.29, 1.82) is 0 Å². The van der Waals surface area contributed by atoms with Crippen LogP contribution < -0.4 is 21.2 Å². The van der Waals surface area contributed by atoms with Crippen LogP contribution in [0.2, 0.25) is 5.02 Å². The second-order valence-corrected chi connectivity index (χ2v) is 9.91. The number of nitrogens with one attached hydrogen (secondary N) is 1. The Bertz CT molecular complexity index is 1270. The number of sulfonamides is 2. The van der Waals surface area contributed by atoms with Gasteiger partial charge >= 0.3 is 0 Å². The predicted molar refractivity (Wildman–Crippen MR) is 103 cm³/mol. The average Bonchev–Trinajstić information content (AvgIpc) is 3.39. The molecule has 1 fully saturated rings. The van der Waals surface area contributed by atoms with E-state index in [9.17, 15) is 26.4 Å². The average molecular weight is 462 g/mol. The Morgan fingerprint density at radius 1 is 1.14 bits per heavy atom. The zero-order valence-electron chi connectivity index (χ0n) is 14.7. The van der Waals surface area contributed by atoms with Gasteiger partial charge in [0.2, 0.25) is 26.0 Å². The third-order valence-corrected chi connectivity index (χ3v) is 6.42. The van der Waals surface area contributed by atoms with Gasteiger partial charge in [-0.25, -0.2) is 31.8 Å². The standard InChI is InChI=1S/C15H16ClN5O6S2/c16-9-5-11(13(29(18,26)27)6-12(9)28(17,24)25)19-14(22)7-21-15(23)4-3-10(20-21)8-1-2-8/h3-6,8H,1-2,7H2,(H,19,22)(H2,17,24,25)(H2,18,26,27). The zero-order chi connectivity index (χ0) is 21.6. The van der Waals surface area contributed by atoms with Gasteiger partial charge in [0, 0.05) is 12.0 Å². The second-order valence-electron chi connectivity index (χ2n) is 6.45. The lowest BCUT2D eigenvalue weighted by molar-refractivity contribution is -0.117. The third kappa shape index (κ3) is 5.00. The molecule has 0 radical (unpaired) electrons. The number of nitrogens with zero attached hydrogens (tertiary/aromatic N) is 2. The summed E-state index contributed by atoms with van der Waals surface area (Å²) in [6.45, 7) is -0.502. The molecule has 0 spiro atoms. The molecule has 0 saturated heterocycles. The van der Waals surface area contributed by atoms with E-state index >= 15 is 0 Å². The molecule has 0 atom stereocenters. The predicted octanol–water partition coefficient (Wildman–Crippen LogP) is -0.292. The molecule has 29 heavy (non-hydrogen) atoms. The fourth-order valence-corrected chi connectivity index (χ4v) is 4.46. The Morgan fingerprint density at radius 3 is 2.31 bits per heavy atom. The van der Waals surface area contributed by atoms with Crippen molar-refractivity contribution >= 4 is 43.2 Å². The molecule has 1 aliphatic carbocycles. The van der Waals surface area contributed by atoms with E-state index in [-0.39, 0.29) is 11.6 Å². The second kappa shape index (κ2) is 7.50. The fraction of sp³-hybridized carbons (Fsp3) is 0.267. The molecule has 1 amide bonds. The number of primary sulfonamides is 2. The van der Waals surface area contributed by atoms with Crippen LogP contribution in [0.1, 0.15) is 24.5 Å². The number of hydrogen-bond donors (Lipinski definition) is 3. The van der Waals surface area contributed by atoms with Gasteiger partial charge in [0.05, 0.1) is 16.4 Å². The zero-order valence-corrected chi connectivity index (χ0v) is 17.1. The minimum absolute atomic E-state index is 0.253. The fourth-order valence-electron chi connectivity index (χ4n) is 2.59. The quantitative estimate of drug-likeness (QED) is 0.527. The van der Waals surface area contributed by atoms with Gasteiger partial charge in [-0.3, -0.25) is 9.59 Å². The lowest BCUT2D eigenvalue weighted by atomic mass is 10.3. The van der Waals surface area contributed by atoms with Crippen molar-refractivity contribution in [2.24, 2.45) is 10.3 Å². The highest BCUT2D eigenvalue weighted by molar-refractivity contribution is 7.90. The molecule has 5 N–H and O–H groups in total. The molecule has 14 heteroatoms. The van der Waals surface area contributed by atoms with Crippen LogP contribution in [0.3, 0.4) is 0 Å². The van der Waals surface area contributed by atoms with E-state index in [0.717, 1.165) is 23.6 Å². The summed E-state index contributed by atoms with van der Waals surface area (Å²) in [4.78, 5) is 22.9. The molecule has 11 nitrogen and oxygen atoms in total. The van der Waals surface area contributed by atoms with Crippen LogP contribution in [0.25, 0.3) is 0 Å². The maximum atomic E-state index is 12.4. The lowest BCUT2D eigenvalue weighted by Crippen LogP contribution is -2.30. The van der Waals surface area contributed by atoms with Crippen molar-refractivity contribution in [2.45, 2.75) is 35.1 Å². The summed E-state index contributed by atoms with van der Waals surface area (Å²) in [5.41, 5.74) is -0.191. The summed E-state index contributed by atoms with van der Waals surface area (Å²) in [5.74, 6) is -0.541. The lowest BCUT2D eigenvalue weighted by Gasteiger charge is -2.13. The first-order valence-corrected chi connectivity index (χ1v) is 11.6. The molecule has 1 saturated carbocycles. The number of anilines is 1. The number of nitrogens with two attached hydrogens (primary N) is 2. The summed E-state index contributed by atoms with van der Waals surface area (Å²) in [7, 11) is -8.79. The topological polar surface area (TPSA) is 184 Å². The van der Waals surface area contributed by atoms with Gasteiger partial charge in [-0.15, -0.1) is 0 Å². The van der Waals surface area contributed by atoms with Crippen LogP contribution in [-0.4, -0.2) is 32.5 Å². The molecule has 0 aliphatic heterocycles. The van der Waals surface area contributed by atoms with E-state index in [1.54, 1.807) is 6.07 Å².